The molecule has 7 nitrogen and oxygen atoms in total. The first-order valence-corrected chi connectivity index (χ1v) is 11.1. The number of hydrogen-bond acceptors (Lipinski definition) is 6. The van der Waals surface area contributed by atoms with Crippen LogP contribution >= 0.6 is 11.3 Å². The van der Waals surface area contributed by atoms with Gasteiger partial charge in [0.05, 0.1) is 42.4 Å². The van der Waals surface area contributed by atoms with Crippen LogP contribution in [0.1, 0.15) is 52.0 Å². The van der Waals surface area contributed by atoms with E-state index >= 15 is 0 Å². The van der Waals surface area contributed by atoms with Crippen LogP contribution in [0.5, 0.6) is 0 Å². The predicted molar refractivity (Wildman–Crippen MR) is 113 cm³/mol. The molecule has 1 saturated heterocycles. The van der Waals surface area contributed by atoms with Gasteiger partial charge in [-0.3, -0.25) is 0 Å². The largest absolute Gasteiger partial charge is 0.337 e. The number of benzene rings is 1. The summed E-state index contributed by atoms with van der Waals surface area (Å²) < 4.78 is 3.26. The summed E-state index contributed by atoms with van der Waals surface area (Å²) in [6, 6.07) is 9.02. The SMILES string of the molecule is CC(C)C[C@@H](c1nnnn1C(C)C)[NH+]1CCN(c2nc3ccccc3s2)CC1. The standard InChI is InChI=1S/C20H29N7S/c1-14(2)13-17(19-22-23-24-27(19)15(3)4)25-9-11-26(12-10-25)20-21-16-7-5-6-8-18(16)28-20/h5-8,14-15,17H,9-13H2,1-4H3/p+1/t17-/m0/s1. The fourth-order valence-corrected chi connectivity index (χ4v) is 5.07. The lowest BCUT2D eigenvalue weighted by atomic mass is 10.0. The summed E-state index contributed by atoms with van der Waals surface area (Å²) in [5, 5.41) is 13.8. The van der Waals surface area contributed by atoms with Crippen molar-refractivity contribution >= 4 is 26.7 Å². The highest BCUT2D eigenvalue weighted by molar-refractivity contribution is 7.22. The molecule has 1 fully saturated rings. The first-order chi connectivity index (χ1) is 13.5. The summed E-state index contributed by atoms with van der Waals surface area (Å²) in [6.45, 7) is 13.1. The second-order valence-electron chi connectivity index (χ2n) is 8.37. The van der Waals surface area contributed by atoms with Gasteiger partial charge in [-0.2, -0.15) is 0 Å². The zero-order chi connectivity index (χ0) is 19.7. The molecule has 150 valence electrons. The highest BCUT2D eigenvalue weighted by Crippen LogP contribution is 2.28. The van der Waals surface area contributed by atoms with Gasteiger partial charge in [0.2, 0.25) is 5.82 Å². The minimum Gasteiger partial charge on any atom is -0.337 e. The van der Waals surface area contributed by atoms with Crippen molar-refractivity contribution in [2.24, 2.45) is 5.92 Å². The van der Waals surface area contributed by atoms with Gasteiger partial charge in [0.15, 0.2) is 5.13 Å². The summed E-state index contributed by atoms with van der Waals surface area (Å²) in [4.78, 5) is 8.86. The number of rotatable bonds is 6. The number of nitrogens with one attached hydrogen (secondary N) is 1. The third-order valence-corrected chi connectivity index (χ3v) is 6.57. The van der Waals surface area contributed by atoms with Gasteiger partial charge in [0.1, 0.15) is 6.04 Å². The number of thiazole rings is 1. The molecule has 0 aliphatic carbocycles. The summed E-state index contributed by atoms with van der Waals surface area (Å²) in [7, 11) is 0. The molecule has 2 aromatic heterocycles. The molecule has 3 heterocycles. The molecular weight excluding hydrogens is 370 g/mol. The number of aromatic nitrogens is 5. The quantitative estimate of drug-likeness (QED) is 0.688. The van der Waals surface area contributed by atoms with E-state index in [0.29, 0.717) is 12.0 Å². The molecule has 0 spiro atoms. The maximum atomic E-state index is 4.84. The van der Waals surface area contributed by atoms with E-state index in [4.69, 9.17) is 4.98 Å². The first kappa shape index (κ1) is 19.3. The van der Waals surface area contributed by atoms with Crippen LogP contribution in [0, 0.1) is 5.92 Å². The van der Waals surface area contributed by atoms with Crippen molar-refractivity contribution in [1.29, 1.82) is 0 Å². The third-order valence-electron chi connectivity index (χ3n) is 5.48. The molecule has 1 aliphatic rings. The van der Waals surface area contributed by atoms with E-state index in [1.807, 2.05) is 4.68 Å². The lowest BCUT2D eigenvalue weighted by molar-refractivity contribution is -0.934. The predicted octanol–water partition coefficient (Wildman–Crippen LogP) is 2.36. The first-order valence-electron chi connectivity index (χ1n) is 10.3. The molecule has 1 N–H and O–H groups in total. The van der Waals surface area contributed by atoms with Crippen molar-refractivity contribution < 1.29 is 4.90 Å². The van der Waals surface area contributed by atoms with Crippen LogP contribution in [-0.2, 0) is 0 Å². The average Bonchev–Trinajstić information content (AvgIpc) is 3.33. The maximum Gasteiger partial charge on any atom is 0.209 e. The van der Waals surface area contributed by atoms with Gasteiger partial charge in [0, 0.05) is 6.42 Å². The molecule has 0 radical (unpaired) electrons. The third kappa shape index (κ3) is 3.89. The Labute approximate surface area is 170 Å². The van der Waals surface area contributed by atoms with Gasteiger partial charge in [-0.15, -0.1) is 5.10 Å². The molecule has 0 bridgehead atoms. The van der Waals surface area contributed by atoms with E-state index < -0.39 is 0 Å². The highest BCUT2D eigenvalue weighted by Gasteiger charge is 2.34. The molecule has 0 amide bonds. The number of quaternary nitrogens is 1. The van der Waals surface area contributed by atoms with Crippen molar-refractivity contribution in [3.8, 4) is 0 Å². The van der Waals surface area contributed by atoms with Crippen molar-refractivity contribution in [2.45, 2.75) is 46.2 Å². The second-order valence-corrected chi connectivity index (χ2v) is 9.38. The Morgan fingerprint density at radius 2 is 1.86 bits per heavy atom. The molecule has 0 unspecified atom stereocenters. The number of piperazine rings is 1. The summed E-state index contributed by atoms with van der Waals surface area (Å²) in [5.41, 5.74) is 1.10. The van der Waals surface area contributed by atoms with Crippen molar-refractivity contribution in [1.82, 2.24) is 25.2 Å². The van der Waals surface area contributed by atoms with Gasteiger partial charge in [-0.05, 0) is 42.3 Å². The van der Waals surface area contributed by atoms with Crippen LogP contribution in [0.3, 0.4) is 0 Å². The summed E-state index contributed by atoms with van der Waals surface area (Å²) in [6.07, 6.45) is 1.10. The lowest BCUT2D eigenvalue weighted by Crippen LogP contribution is -3.15. The van der Waals surface area contributed by atoms with E-state index in [2.05, 4.69) is 72.4 Å². The van der Waals surface area contributed by atoms with Gasteiger partial charge in [-0.1, -0.05) is 37.3 Å². The molecule has 1 atom stereocenters. The molecule has 1 aromatic carbocycles. The number of hydrogen-bond donors (Lipinski definition) is 1. The number of para-hydroxylation sites is 1. The molecule has 0 saturated carbocycles. The number of fused-ring (bicyclic) bond motifs is 1. The Bertz CT molecular complexity index is 875. The summed E-state index contributed by atoms with van der Waals surface area (Å²) >= 11 is 1.80. The van der Waals surface area contributed by atoms with Crippen molar-refractivity contribution in [3.05, 3.63) is 30.1 Å². The molecule has 1 aliphatic heterocycles. The van der Waals surface area contributed by atoms with Crippen LogP contribution in [-0.4, -0.2) is 51.4 Å². The Balaban J connectivity index is 1.50. The maximum absolute atomic E-state index is 4.84. The van der Waals surface area contributed by atoms with E-state index in [1.165, 1.54) is 4.70 Å². The van der Waals surface area contributed by atoms with E-state index in [1.54, 1.807) is 16.2 Å². The monoisotopic (exact) mass is 400 g/mol. The minimum absolute atomic E-state index is 0.281. The fourth-order valence-electron chi connectivity index (χ4n) is 4.05. The van der Waals surface area contributed by atoms with E-state index in [0.717, 1.165) is 49.1 Å². The van der Waals surface area contributed by atoms with Crippen LogP contribution < -0.4 is 9.80 Å². The zero-order valence-electron chi connectivity index (χ0n) is 17.2. The number of tetrazole rings is 1. The van der Waals surface area contributed by atoms with Crippen molar-refractivity contribution in [3.63, 3.8) is 0 Å². The second kappa shape index (κ2) is 8.13. The van der Waals surface area contributed by atoms with E-state index in [-0.39, 0.29) is 6.04 Å². The van der Waals surface area contributed by atoms with E-state index in [9.17, 15) is 0 Å². The van der Waals surface area contributed by atoms with Crippen LogP contribution in [0.15, 0.2) is 24.3 Å². The molecule has 28 heavy (non-hydrogen) atoms. The van der Waals surface area contributed by atoms with Gasteiger partial charge in [0.25, 0.3) is 0 Å². The zero-order valence-corrected chi connectivity index (χ0v) is 18.0. The number of nitrogens with zero attached hydrogens (tertiary/aromatic N) is 6. The average molecular weight is 401 g/mol. The Hall–Kier alpha value is -2.06. The topological polar surface area (TPSA) is 64.2 Å². The molecule has 8 heteroatoms. The normalized spacial score (nSPS) is 17.1. The van der Waals surface area contributed by atoms with Gasteiger partial charge >= 0.3 is 0 Å². The Kier molecular flexibility index (Phi) is 5.59. The fraction of sp³-hybridized carbons (Fsp3) is 0.600. The minimum atomic E-state index is 0.281. The number of anilines is 1. The molecule has 4 rings (SSSR count). The van der Waals surface area contributed by atoms with Crippen LogP contribution in [0.4, 0.5) is 5.13 Å². The van der Waals surface area contributed by atoms with Gasteiger partial charge < -0.3 is 9.80 Å². The molecule has 3 aromatic rings. The molecular formula is C20H30N7S+. The van der Waals surface area contributed by atoms with Crippen LogP contribution in [0.2, 0.25) is 0 Å². The Morgan fingerprint density at radius 1 is 1.11 bits per heavy atom. The van der Waals surface area contributed by atoms with Crippen molar-refractivity contribution in [2.75, 3.05) is 31.1 Å². The lowest BCUT2D eigenvalue weighted by Gasteiger charge is -2.36. The summed E-state index contributed by atoms with van der Waals surface area (Å²) in [5.74, 6) is 1.64. The van der Waals surface area contributed by atoms with Crippen LogP contribution in [0.25, 0.3) is 10.2 Å². The Morgan fingerprint density at radius 3 is 2.54 bits per heavy atom. The van der Waals surface area contributed by atoms with Gasteiger partial charge in [-0.25, -0.2) is 9.67 Å². The highest BCUT2D eigenvalue weighted by atomic mass is 32.1. The smallest absolute Gasteiger partial charge is 0.209 e.